The molecule has 132 valence electrons. The summed E-state index contributed by atoms with van der Waals surface area (Å²) in [5, 5.41) is 11.1. The second kappa shape index (κ2) is 6.74. The van der Waals surface area contributed by atoms with Crippen LogP contribution in [0.4, 0.5) is 0 Å². The number of hydrogen-bond donors (Lipinski definition) is 2. The van der Waals surface area contributed by atoms with Gasteiger partial charge in [-0.15, -0.1) is 11.3 Å². The largest absolute Gasteiger partial charge is 0.488 e. The van der Waals surface area contributed by atoms with Crippen molar-refractivity contribution in [3.05, 3.63) is 52.2 Å². The van der Waals surface area contributed by atoms with Gasteiger partial charge in [-0.3, -0.25) is 4.98 Å². The highest BCUT2D eigenvalue weighted by Gasteiger charge is 2.19. The first-order valence-corrected chi connectivity index (χ1v) is 8.71. The first-order chi connectivity index (χ1) is 12.7. The van der Waals surface area contributed by atoms with Crippen molar-refractivity contribution in [1.82, 2.24) is 15.0 Å². The Bertz CT molecular complexity index is 1090. The number of thiazole rings is 1. The number of rotatable bonds is 6. The number of carbonyl (C=O) groups is 1. The van der Waals surface area contributed by atoms with Gasteiger partial charge in [0.05, 0.1) is 28.7 Å². The molecule has 0 radical (unpaired) electrons. The molecule has 3 heterocycles. The minimum Gasteiger partial charge on any atom is -0.488 e. The zero-order valence-corrected chi connectivity index (χ0v) is 14.7. The number of fused-ring (bicyclic) bond motifs is 3. The Labute approximate surface area is 152 Å². The monoisotopic (exact) mass is 369 g/mol. The first kappa shape index (κ1) is 16.5. The van der Waals surface area contributed by atoms with Crippen LogP contribution in [0.25, 0.3) is 21.8 Å². The minimum absolute atomic E-state index is 0.00349. The van der Waals surface area contributed by atoms with Crippen molar-refractivity contribution in [3.63, 3.8) is 0 Å². The fraction of sp³-hybridized carbons (Fsp3) is 0.167. The number of H-pyrrole nitrogens is 1. The van der Waals surface area contributed by atoms with E-state index >= 15 is 0 Å². The van der Waals surface area contributed by atoms with E-state index in [-0.39, 0.29) is 12.3 Å². The Morgan fingerprint density at radius 2 is 2.15 bits per heavy atom. The zero-order chi connectivity index (χ0) is 18.1. The molecule has 2 N–H and O–H groups in total. The number of carboxylic acids is 1. The molecule has 1 aromatic carbocycles. The van der Waals surface area contributed by atoms with E-state index in [0.717, 1.165) is 26.7 Å². The Hall–Kier alpha value is -2.97. The molecule has 0 aliphatic carbocycles. The Morgan fingerprint density at radius 3 is 2.88 bits per heavy atom. The van der Waals surface area contributed by atoms with Crippen LogP contribution in [-0.2, 0) is 18.0 Å². The Balaban J connectivity index is 1.83. The number of aromatic carboxylic acids is 1. The maximum atomic E-state index is 11.5. The molecule has 0 saturated carbocycles. The van der Waals surface area contributed by atoms with E-state index in [2.05, 4.69) is 15.0 Å². The van der Waals surface area contributed by atoms with E-state index in [1.54, 1.807) is 11.7 Å². The lowest BCUT2D eigenvalue weighted by Crippen LogP contribution is -2.07. The van der Waals surface area contributed by atoms with Gasteiger partial charge in [0.15, 0.2) is 5.69 Å². The predicted octanol–water partition coefficient (Wildman–Crippen LogP) is 3.60. The average Bonchev–Trinajstić information content (AvgIpc) is 3.27. The van der Waals surface area contributed by atoms with Gasteiger partial charge in [0, 0.05) is 35.2 Å². The number of ether oxygens (including phenoxy) is 2. The van der Waals surface area contributed by atoms with Crippen LogP contribution >= 0.6 is 11.3 Å². The lowest BCUT2D eigenvalue weighted by Gasteiger charge is -2.07. The molecule has 8 heteroatoms. The highest BCUT2D eigenvalue weighted by Crippen LogP contribution is 2.32. The quantitative estimate of drug-likeness (QED) is 0.539. The van der Waals surface area contributed by atoms with Gasteiger partial charge >= 0.3 is 5.97 Å². The van der Waals surface area contributed by atoms with Gasteiger partial charge in [0.2, 0.25) is 0 Å². The minimum atomic E-state index is -1.08. The number of nitrogens with zero attached hydrogens (tertiary/aromatic N) is 2. The van der Waals surface area contributed by atoms with Gasteiger partial charge < -0.3 is 19.6 Å². The standard InChI is InChI=1S/C18H15N3O4S/c1-24-8-13-16-12-4-10(25-7-11-5-19-9-26-11)2-3-14(12)21-15(16)6-20-17(13)18(22)23/h2-6,9,21H,7-8H2,1H3,(H,22,23). The molecule has 0 aliphatic heterocycles. The van der Waals surface area contributed by atoms with Crippen LogP contribution in [0.2, 0.25) is 0 Å². The molecule has 0 fully saturated rings. The lowest BCUT2D eigenvalue weighted by atomic mass is 10.1. The van der Waals surface area contributed by atoms with Gasteiger partial charge in [-0.05, 0) is 18.2 Å². The maximum absolute atomic E-state index is 11.5. The van der Waals surface area contributed by atoms with E-state index in [4.69, 9.17) is 9.47 Å². The van der Waals surface area contributed by atoms with Crippen molar-refractivity contribution >= 4 is 39.1 Å². The molecule has 0 spiro atoms. The van der Waals surface area contributed by atoms with Crippen molar-refractivity contribution in [3.8, 4) is 5.75 Å². The number of aromatic amines is 1. The molecule has 0 aliphatic rings. The summed E-state index contributed by atoms with van der Waals surface area (Å²) in [6, 6.07) is 5.69. The summed E-state index contributed by atoms with van der Waals surface area (Å²) in [6.07, 6.45) is 3.31. The number of hydrogen-bond acceptors (Lipinski definition) is 6. The van der Waals surface area contributed by atoms with E-state index in [1.165, 1.54) is 24.6 Å². The molecule has 0 bridgehead atoms. The SMILES string of the molecule is COCc1c(C(=O)O)ncc2[nH]c3ccc(OCc4cncs4)cc3c12. The van der Waals surface area contributed by atoms with Crippen molar-refractivity contribution in [2.45, 2.75) is 13.2 Å². The third-order valence-corrected chi connectivity index (χ3v) is 4.82. The summed E-state index contributed by atoms with van der Waals surface area (Å²) in [5.41, 5.74) is 3.95. The number of carboxylic acid groups (broad SMARTS) is 1. The summed E-state index contributed by atoms with van der Waals surface area (Å²) in [6.45, 7) is 0.594. The van der Waals surface area contributed by atoms with Crippen molar-refractivity contribution in [2.75, 3.05) is 7.11 Å². The van der Waals surface area contributed by atoms with Gasteiger partial charge in [-0.2, -0.15) is 0 Å². The normalized spacial score (nSPS) is 11.3. The van der Waals surface area contributed by atoms with E-state index < -0.39 is 5.97 Å². The molecule has 0 amide bonds. The average molecular weight is 369 g/mol. The van der Waals surface area contributed by atoms with Crippen LogP contribution in [0.5, 0.6) is 5.75 Å². The first-order valence-electron chi connectivity index (χ1n) is 7.83. The number of pyridine rings is 1. The maximum Gasteiger partial charge on any atom is 0.354 e. The fourth-order valence-corrected chi connectivity index (χ4v) is 3.47. The fourth-order valence-electron chi connectivity index (χ4n) is 2.97. The molecule has 7 nitrogen and oxygen atoms in total. The van der Waals surface area contributed by atoms with Crippen molar-refractivity contribution in [2.24, 2.45) is 0 Å². The zero-order valence-electron chi connectivity index (χ0n) is 13.9. The Kier molecular flexibility index (Phi) is 4.27. The highest BCUT2D eigenvalue weighted by molar-refractivity contribution is 7.09. The number of methoxy groups -OCH3 is 1. The summed E-state index contributed by atoms with van der Waals surface area (Å²) >= 11 is 1.53. The van der Waals surface area contributed by atoms with Gasteiger partial charge in [0.25, 0.3) is 0 Å². The number of benzene rings is 1. The van der Waals surface area contributed by atoms with Crippen LogP contribution in [0.1, 0.15) is 20.9 Å². The smallest absolute Gasteiger partial charge is 0.354 e. The number of nitrogens with one attached hydrogen (secondary N) is 1. The van der Waals surface area contributed by atoms with Gasteiger partial charge in [0.1, 0.15) is 12.4 Å². The molecular weight excluding hydrogens is 354 g/mol. The van der Waals surface area contributed by atoms with Crippen molar-refractivity contribution in [1.29, 1.82) is 0 Å². The third kappa shape index (κ3) is 2.89. The lowest BCUT2D eigenvalue weighted by molar-refractivity contribution is 0.0685. The van der Waals surface area contributed by atoms with E-state index in [9.17, 15) is 9.90 Å². The molecule has 3 aromatic heterocycles. The van der Waals surface area contributed by atoms with Gasteiger partial charge in [-0.1, -0.05) is 0 Å². The van der Waals surface area contributed by atoms with Crippen LogP contribution < -0.4 is 4.74 Å². The second-order valence-corrected chi connectivity index (χ2v) is 6.67. The molecular formula is C18H15N3O4S. The molecule has 26 heavy (non-hydrogen) atoms. The topological polar surface area (TPSA) is 97.3 Å². The second-order valence-electron chi connectivity index (χ2n) is 5.70. The Morgan fingerprint density at radius 1 is 1.27 bits per heavy atom. The molecule has 0 unspecified atom stereocenters. The van der Waals surface area contributed by atoms with Crippen LogP contribution in [0.15, 0.2) is 36.1 Å². The molecule has 0 saturated heterocycles. The third-order valence-electron chi connectivity index (χ3n) is 4.07. The van der Waals surface area contributed by atoms with E-state index in [0.29, 0.717) is 17.9 Å². The molecule has 4 aromatic rings. The van der Waals surface area contributed by atoms with Gasteiger partial charge in [-0.25, -0.2) is 9.78 Å². The molecule has 4 rings (SSSR count). The summed E-state index contributed by atoms with van der Waals surface area (Å²) < 4.78 is 11.1. The van der Waals surface area contributed by atoms with Crippen LogP contribution in [-0.4, -0.2) is 33.1 Å². The van der Waals surface area contributed by atoms with E-state index in [1.807, 2.05) is 18.2 Å². The summed E-state index contributed by atoms with van der Waals surface area (Å²) in [7, 11) is 1.53. The number of aromatic nitrogens is 3. The summed E-state index contributed by atoms with van der Waals surface area (Å²) in [4.78, 5) is 23.9. The predicted molar refractivity (Wildman–Crippen MR) is 97.7 cm³/mol. The summed E-state index contributed by atoms with van der Waals surface area (Å²) in [5.74, 6) is -0.380. The van der Waals surface area contributed by atoms with Crippen LogP contribution in [0, 0.1) is 0 Å². The molecule has 0 atom stereocenters. The highest BCUT2D eigenvalue weighted by atomic mass is 32.1. The van der Waals surface area contributed by atoms with Crippen molar-refractivity contribution < 1.29 is 19.4 Å². The van der Waals surface area contributed by atoms with Crippen LogP contribution in [0.3, 0.4) is 0 Å².